The molecule has 0 saturated carbocycles. The van der Waals surface area contributed by atoms with Crippen molar-refractivity contribution in [3.63, 3.8) is 0 Å². The Balaban J connectivity index is 0.000000180. The van der Waals surface area contributed by atoms with Gasteiger partial charge in [-0.05, 0) is 55.6 Å². The molecular formula is C12H10Br2N2O2. The summed E-state index contributed by atoms with van der Waals surface area (Å²) in [5.41, 5.74) is 1.43. The Bertz CT molecular complexity index is 486. The summed E-state index contributed by atoms with van der Waals surface area (Å²) in [4.78, 5) is 17.8. The average molecular weight is 374 g/mol. The predicted molar refractivity (Wildman–Crippen MR) is 75.2 cm³/mol. The van der Waals surface area contributed by atoms with E-state index in [0.717, 1.165) is 21.1 Å². The number of pyridine rings is 2. The topological polar surface area (TPSA) is 63.1 Å². The average Bonchev–Trinajstić information content (AvgIpc) is 2.41. The summed E-state index contributed by atoms with van der Waals surface area (Å²) in [6.07, 6.45) is 3.90. The van der Waals surface area contributed by atoms with Gasteiger partial charge in [0.05, 0.1) is 6.61 Å². The van der Waals surface area contributed by atoms with E-state index >= 15 is 0 Å². The van der Waals surface area contributed by atoms with Crippen molar-refractivity contribution in [1.29, 1.82) is 0 Å². The molecule has 18 heavy (non-hydrogen) atoms. The second-order valence-corrected chi connectivity index (χ2v) is 4.80. The third-order valence-corrected chi connectivity index (χ3v) is 2.80. The van der Waals surface area contributed by atoms with E-state index in [2.05, 4.69) is 41.8 Å². The molecule has 4 nitrogen and oxygen atoms in total. The van der Waals surface area contributed by atoms with Crippen molar-refractivity contribution in [3.8, 4) is 0 Å². The van der Waals surface area contributed by atoms with E-state index < -0.39 is 0 Å². The van der Waals surface area contributed by atoms with E-state index in [4.69, 9.17) is 5.11 Å². The van der Waals surface area contributed by atoms with Gasteiger partial charge in [0.1, 0.15) is 9.21 Å². The highest BCUT2D eigenvalue weighted by Gasteiger charge is 1.88. The highest BCUT2D eigenvalue weighted by molar-refractivity contribution is 9.10. The minimum Gasteiger partial charge on any atom is -0.392 e. The zero-order valence-corrected chi connectivity index (χ0v) is 12.4. The fourth-order valence-corrected chi connectivity index (χ4v) is 1.43. The van der Waals surface area contributed by atoms with Gasteiger partial charge in [-0.25, -0.2) is 9.97 Å². The first-order valence-electron chi connectivity index (χ1n) is 4.93. The number of halogens is 2. The Kier molecular flexibility index (Phi) is 6.70. The molecule has 0 amide bonds. The molecule has 0 bridgehead atoms. The third kappa shape index (κ3) is 5.48. The van der Waals surface area contributed by atoms with E-state index in [1.165, 1.54) is 6.20 Å². The van der Waals surface area contributed by atoms with Crippen LogP contribution in [0.1, 0.15) is 15.9 Å². The normalized spacial score (nSPS) is 9.28. The lowest BCUT2D eigenvalue weighted by molar-refractivity contribution is 0.112. The van der Waals surface area contributed by atoms with Crippen LogP contribution in [-0.2, 0) is 6.61 Å². The number of hydrogen-bond acceptors (Lipinski definition) is 4. The lowest BCUT2D eigenvalue weighted by Gasteiger charge is -1.92. The molecule has 0 atom stereocenters. The molecule has 0 fully saturated rings. The predicted octanol–water partition coefficient (Wildman–Crippen LogP) is 2.99. The third-order valence-electron chi connectivity index (χ3n) is 1.86. The van der Waals surface area contributed by atoms with Crippen LogP contribution in [0.5, 0.6) is 0 Å². The van der Waals surface area contributed by atoms with Gasteiger partial charge in [0.25, 0.3) is 0 Å². The lowest BCUT2D eigenvalue weighted by Crippen LogP contribution is -1.83. The first-order chi connectivity index (χ1) is 8.65. The Morgan fingerprint density at radius 3 is 2.06 bits per heavy atom. The van der Waals surface area contributed by atoms with Crippen LogP contribution in [0.15, 0.2) is 45.9 Å². The van der Waals surface area contributed by atoms with Gasteiger partial charge in [-0.3, -0.25) is 4.79 Å². The van der Waals surface area contributed by atoms with Crippen molar-refractivity contribution in [1.82, 2.24) is 9.97 Å². The molecule has 0 radical (unpaired) electrons. The van der Waals surface area contributed by atoms with Gasteiger partial charge < -0.3 is 5.11 Å². The highest BCUT2D eigenvalue weighted by atomic mass is 79.9. The number of rotatable bonds is 2. The maximum absolute atomic E-state index is 10.1. The molecule has 0 aliphatic heterocycles. The summed E-state index contributed by atoms with van der Waals surface area (Å²) < 4.78 is 1.54. The monoisotopic (exact) mass is 372 g/mol. The minimum absolute atomic E-state index is 0.0558. The van der Waals surface area contributed by atoms with Gasteiger partial charge >= 0.3 is 0 Å². The maximum atomic E-state index is 10.1. The zero-order valence-electron chi connectivity index (χ0n) is 9.25. The van der Waals surface area contributed by atoms with E-state index in [-0.39, 0.29) is 6.61 Å². The van der Waals surface area contributed by atoms with E-state index in [0.29, 0.717) is 5.56 Å². The molecular weight excluding hydrogens is 364 g/mol. The van der Waals surface area contributed by atoms with E-state index in [1.54, 1.807) is 24.4 Å². The van der Waals surface area contributed by atoms with Gasteiger partial charge in [0.2, 0.25) is 0 Å². The summed E-state index contributed by atoms with van der Waals surface area (Å²) >= 11 is 6.33. The lowest BCUT2D eigenvalue weighted by atomic mass is 10.3. The van der Waals surface area contributed by atoms with Crippen molar-refractivity contribution in [2.75, 3.05) is 0 Å². The van der Waals surface area contributed by atoms with Crippen LogP contribution >= 0.6 is 31.9 Å². The van der Waals surface area contributed by atoms with Crippen LogP contribution in [0, 0.1) is 0 Å². The first-order valence-corrected chi connectivity index (χ1v) is 6.52. The summed E-state index contributed by atoms with van der Waals surface area (Å²) in [6, 6.07) is 7.04. The maximum Gasteiger partial charge on any atom is 0.151 e. The smallest absolute Gasteiger partial charge is 0.151 e. The molecule has 0 saturated heterocycles. The Morgan fingerprint density at radius 1 is 1.06 bits per heavy atom. The standard InChI is InChI=1S/C6H6BrNO.C6H4BrNO/c2*7-6-2-1-5(4-9)3-8-6/h1-3,9H,4H2;1-4H. The number of carbonyl (C=O) groups excluding carboxylic acids is 1. The molecule has 0 spiro atoms. The fourth-order valence-electron chi connectivity index (χ4n) is 0.957. The van der Waals surface area contributed by atoms with Crippen molar-refractivity contribution in [3.05, 3.63) is 57.0 Å². The first kappa shape index (κ1) is 14.9. The zero-order chi connectivity index (χ0) is 13.4. The molecule has 0 unspecified atom stereocenters. The quantitative estimate of drug-likeness (QED) is 0.649. The second-order valence-electron chi connectivity index (χ2n) is 3.18. The molecule has 6 heteroatoms. The minimum atomic E-state index is 0.0558. The number of carbonyl (C=O) groups is 1. The van der Waals surface area contributed by atoms with Crippen LogP contribution < -0.4 is 0 Å². The molecule has 94 valence electrons. The molecule has 0 aliphatic carbocycles. The highest BCUT2D eigenvalue weighted by Crippen LogP contribution is 2.05. The number of aldehydes is 1. The summed E-state index contributed by atoms with van der Waals surface area (Å²) in [5, 5.41) is 8.57. The van der Waals surface area contributed by atoms with Crippen molar-refractivity contribution in [2.45, 2.75) is 6.61 Å². The van der Waals surface area contributed by atoms with Crippen LogP contribution in [-0.4, -0.2) is 21.4 Å². The molecule has 1 N–H and O–H groups in total. The number of aliphatic hydroxyl groups excluding tert-OH is 1. The molecule has 0 aromatic carbocycles. The van der Waals surface area contributed by atoms with Crippen LogP contribution in [0.25, 0.3) is 0 Å². The van der Waals surface area contributed by atoms with E-state index in [9.17, 15) is 4.79 Å². The second kappa shape index (κ2) is 8.07. The van der Waals surface area contributed by atoms with Crippen molar-refractivity contribution in [2.24, 2.45) is 0 Å². The molecule has 0 aliphatic rings. The molecule has 2 rings (SSSR count). The molecule has 2 heterocycles. The van der Waals surface area contributed by atoms with Gasteiger partial charge in [0.15, 0.2) is 6.29 Å². The largest absolute Gasteiger partial charge is 0.392 e. The summed E-state index contributed by atoms with van der Waals surface area (Å²) in [5.74, 6) is 0. The van der Waals surface area contributed by atoms with E-state index in [1.807, 2.05) is 6.07 Å². The number of aromatic nitrogens is 2. The fraction of sp³-hybridized carbons (Fsp3) is 0.0833. The Labute approximate surface area is 121 Å². The van der Waals surface area contributed by atoms with Crippen LogP contribution in [0.4, 0.5) is 0 Å². The molecule has 2 aromatic rings. The Hall–Kier alpha value is -1.11. The van der Waals surface area contributed by atoms with Gasteiger partial charge in [-0.1, -0.05) is 6.07 Å². The van der Waals surface area contributed by atoms with Gasteiger partial charge in [0, 0.05) is 18.0 Å². The van der Waals surface area contributed by atoms with Crippen LogP contribution in [0.2, 0.25) is 0 Å². The number of nitrogens with zero attached hydrogens (tertiary/aromatic N) is 2. The summed E-state index contributed by atoms with van der Waals surface area (Å²) in [7, 11) is 0. The number of hydrogen-bond donors (Lipinski definition) is 1. The van der Waals surface area contributed by atoms with Gasteiger partial charge in [-0.2, -0.15) is 0 Å². The SMILES string of the molecule is O=Cc1ccc(Br)nc1.OCc1ccc(Br)nc1. The van der Waals surface area contributed by atoms with Crippen molar-refractivity contribution >= 4 is 38.1 Å². The van der Waals surface area contributed by atoms with Crippen LogP contribution in [0.3, 0.4) is 0 Å². The Morgan fingerprint density at radius 2 is 1.67 bits per heavy atom. The molecule has 2 aromatic heterocycles. The van der Waals surface area contributed by atoms with Gasteiger partial charge in [-0.15, -0.1) is 0 Å². The number of aliphatic hydroxyl groups is 1. The van der Waals surface area contributed by atoms with Crippen molar-refractivity contribution < 1.29 is 9.90 Å². The summed E-state index contributed by atoms with van der Waals surface area (Å²) in [6.45, 7) is 0.0558.